The van der Waals surface area contributed by atoms with Crippen molar-refractivity contribution >= 4 is 11.3 Å². The van der Waals surface area contributed by atoms with Gasteiger partial charge >= 0.3 is 0 Å². The molecule has 0 bridgehead atoms. The second kappa shape index (κ2) is 4.30. The smallest absolute Gasteiger partial charge is 0.196 e. The average Bonchev–Trinajstić information content (AvgIpc) is 2.61. The molecule has 2 nitrogen and oxygen atoms in total. The molecule has 1 aromatic rings. The van der Waals surface area contributed by atoms with Crippen LogP contribution >= 0.6 is 11.3 Å². The molecule has 0 saturated heterocycles. The summed E-state index contributed by atoms with van der Waals surface area (Å²) >= 11 is 1.73. The van der Waals surface area contributed by atoms with Crippen molar-refractivity contribution < 1.29 is 4.74 Å². The quantitative estimate of drug-likeness (QED) is 0.747. The molecule has 0 spiro atoms. The summed E-state index contributed by atoms with van der Waals surface area (Å²) in [5.74, 6) is 0.705. The molecule has 0 N–H and O–H groups in total. The van der Waals surface area contributed by atoms with E-state index in [-0.39, 0.29) is 0 Å². The number of thiazole rings is 1. The van der Waals surface area contributed by atoms with Gasteiger partial charge in [0.1, 0.15) is 0 Å². The number of rotatable bonds is 2. The Morgan fingerprint density at radius 3 is 2.57 bits per heavy atom. The highest BCUT2D eigenvalue weighted by Gasteiger charge is 2.20. The molecule has 2 rings (SSSR count). The second-order valence-electron chi connectivity index (χ2n) is 3.96. The van der Waals surface area contributed by atoms with Gasteiger partial charge in [0, 0.05) is 5.92 Å². The fourth-order valence-electron chi connectivity index (χ4n) is 2.12. The molecule has 1 heterocycles. The number of ether oxygens (including phenoxy) is 1. The second-order valence-corrected chi connectivity index (χ2v) is 4.96. The SMILES string of the molecule is COc1sc(C2CCCCC2)nc1C. The lowest BCUT2D eigenvalue weighted by Crippen LogP contribution is -2.03. The number of hydrogen-bond acceptors (Lipinski definition) is 3. The monoisotopic (exact) mass is 211 g/mol. The van der Waals surface area contributed by atoms with Gasteiger partial charge in [0.25, 0.3) is 0 Å². The Balaban J connectivity index is 2.14. The highest BCUT2D eigenvalue weighted by Crippen LogP contribution is 2.38. The molecule has 3 heteroatoms. The summed E-state index contributed by atoms with van der Waals surface area (Å²) in [6, 6.07) is 0. The molecule has 0 unspecified atom stereocenters. The van der Waals surface area contributed by atoms with E-state index in [0.717, 1.165) is 10.8 Å². The summed E-state index contributed by atoms with van der Waals surface area (Å²) in [4.78, 5) is 4.60. The summed E-state index contributed by atoms with van der Waals surface area (Å²) < 4.78 is 5.27. The van der Waals surface area contributed by atoms with Crippen molar-refractivity contribution in [1.29, 1.82) is 0 Å². The van der Waals surface area contributed by atoms with Crippen LogP contribution in [0.25, 0.3) is 0 Å². The van der Waals surface area contributed by atoms with Crippen molar-refractivity contribution in [2.75, 3.05) is 7.11 Å². The molecular weight excluding hydrogens is 194 g/mol. The van der Waals surface area contributed by atoms with Gasteiger partial charge in [-0.25, -0.2) is 4.98 Å². The highest BCUT2D eigenvalue weighted by atomic mass is 32.1. The average molecular weight is 211 g/mol. The summed E-state index contributed by atoms with van der Waals surface area (Å²) in [6.07, 6.45) is 6.77. The first-order valence-corrected chi connectivity index (χ1v) is 6.14. The van der Waals surface area contributed by atoms with Crippen LogP contribution in [0.3, 0.4) is 0 Å². The van der Waals surface area contributed by atoms with Gasteiger partial charge in [-0.3, -0.25) is 0 Å². The lowest BCUT2D eigenvalue weighted by atomic mass is 9.90. The third-order valence-electron chi connectivity index (χ3n) is 2.91. The van der Waals surface area contributed by atoms with Crippen LogP contribution < -0.4 is 4.74 Å². The van der Waals surface area contributed by atoms with Crippen LogP contribution in [0.15, 0.2) is 0 Å². The zero-order valence-electron chi connectivity index (χ0n) is 8.88. The molecule has 1 aromatic heterocycles. The minimum atomic E-state index is 0.705. The molecule has 0 aliphatic heterocycles. The van der Waals surface area contributed by atoms with Crippen LogP contribution in [0, 0.1) is 6.92 Å². The molecular formula is C11H17NOS. The number of aromatic nitrogens is 1. The van der Waals surface area contributed by atoms with Gasteiger partial charge < -0.3 is 4.74 Å². The lowest BCUT2D eigenvalue weighted by molar-refractivity contribution is 0.422. The molecule has 1 fully saturated rings. The van der Waals surface area contributed by atoms with E-state index in [2.05, 4.69) is 4.98 Å². The minimum Gasteiger partial charge on any atom is -0.486 e. The summed E-state index contributed by atoms with van der Waals surface area (Å²) in [5, 5.41) is 2.28. The van der Waals surface area contributed by atoms with Gasteiger partial charge in [-0.2, -0.15) is 0 Å². The van der Waals surface area contributed by atoms with E-state index in [4.69, 9.17) is 4.74 Å². The van der Waals surface area contributed by atoms with Crippen LogP contribution in [0.1, 0.15) is 48.7 Å². The number of aryl methyl sites for hydroxylation is 1. The Bertz CT molecular complexity index is 302. The van der Waals surface area contributed by atoms with E-state index in [1.807, 2.05) is 6.92 Å². The lowest BCUT2D eigenvalue weighted by Gasteiger charge is -2.18. The number of methoxy groups -OCH3 is 1. The first-order chi connectivity index (χ1) is 6.81. The largest absolute Gasteiger partial charge is 0.486 e. The summed E-state index contributed by atoms with van der Waals surface area (Å²) in [7, 11) is 1.73. The highest BCUT2D eigenvalue weighted by molar-refractivity contribution is 7.13. The zero-order valence-corrected chi connectivity index (χ0v) is 9.69. The fraction of sp³-hybridized carbons (Fsp3) is 0.727. The van der Waals surface area contributed by atoms with Gasteiger partial charge in [-0.05, 0) is 19.8 Å². The fourth-order valence-corrected chi connectivity index (χ4v) is 3.17. The van der Waals surface area contributed by atoms with E-state index in [0.29, 0.717) is 5.92 Å². The molecule has 78 valence electrons. The van der Waals surface area contributed by atoms with E-state index in [9.17, 15) is 0 Å². The topological polar surface area (TPSA) is 22.1 Å². The Kier molecular flexibility index (Phi) is 3.06. The van der Waals surface area contributed by atoms with Crippen LogP contribution in [0.5, 0.6) is 5.06 Å². The number of hydrogen-bond donors (Lipinski definition) is 0. The van der Waals surface area contributed by atoms with E-state index in [1.165, 1.54) is 37.1 Å². The molecule has 1 saturated carbocycles. The van der Waals surface area contributed by atoms with Crippen molar-refractivity contribution in [2.24, 2.45) is 0 Å². The maximum absolute atomic E-state index is 5.27. The third kappa shape index (κ3) is 1.92. The summed E-state index contributed by atoms with van der Waals surface area (Å²) in [6.45, 7) is 2.03. The van der Waals surface area contributed by atoms with Crippen molar-refractivity contribution in [3.05, 3.63) is 10.7 Å². The van der Waals surface area contributed by atoms with Gasteiger partial charge in [0.15, 0.2) is 5.06 Å². The third-order valence-corrected chi connectivity index (χ3v) is 4.19. The molecule has 0 amide bonds. The molecule has 14 heavy (non-hydrogen) atoms. The van der Waals surface area contributed by atoms with Crippen molar-refractivity contribution in [1.82, 2.24) is 4.98 Å². The number of nitrogens with zero attached hydrogens (tertiary/aromatic N) is 1. The van der Waals surface area contributed by atoms with E-state index in [1.54, 1.807) is 18.4 Å². The van der Waals surface area contributed by atoms with Crippen LogP contribution in [0.2, 0.25) is 0 Å². The Morgan fingerprint density at radius 1 is 1.29 bits per heavy atom. The predicted molar refractivity (Wildman–Crippen MR) is 59.2 cm³/mol. The Labute approximate surface area is 89.3 Å². The van der Waals surface area contributed by atoms with Crippen LogP contribution in [0.4, 0.5) is 0 Å². The van der Waals surface area contributed by atoms with Crippen LogP contribution in [-0.4, -0.2) is 12.1 Å². The minimum absolute atomic E-state index is 0.705. The maximum atomic E-state index is 5.27. The van der Waals surface area contributed by atoms with Gasteiger partial charge in [0.2, 0.25) is 0 Å². The molecule has 0 aromatic carbocycles. The molecule has 0 atom stereocenters. The molecule has 1 aliphatic rings. The maximum Gasteiger partial charge on any atom is 0.196 e. The van der Waals surface area contributed by atoms with Gasteiger partial charge in [-0.1, -0.05) is 30.6 Å². The van der Waals surface area contributed by atoms with Crippen molar-refractivity contribution in [3.63, 3.8) is 0 Å². The zero-order chi connectivity index (χ0) is 9.97. The van der Waals surface area contributed by atoms with Gasteiger partial charge in [-0.15, -0.1) is 0 Å². The normalized spacial score (nSPS) is 18.4. The van der Waals surface area contributed by atoms with Crippen LogP contribution in [-0.2, 0) is 0 Å². The first kappa shape index (κ1) is 9.97. The van der Waals surface area contributed by atoms with E-state index < -0.39 is 0 Å². The summed E-state index contributed by atoms with van der Waals surface area (Å²) in [5.41, 5.74) is 1.05. The predicted octanol–water partition coefficient (Wildman–Crippen LogP) is 3.51. The Morgan fingerprint density at radius 2 is 2.00 bits per heavy atom. The molecule has 0 radical (unpaired) electrons. The first-order valence-electron chi connectivity index (χ1n) is 5.32. The van der Waals surface area contributed by atoms with Crippen molar-refractivity contribution in [3.8, 4) is 5.06 Å². The van der Waals surface area contributed by atoms with Gasteiger partial charge in [0.05, 0.1) is 17.8 Å². The Hall–Kier alpha value is -0.570. The van der Waals surface area contributed by atoms with Crippen molar-refractivity contribution in [2.45, 2.75) is 44.9 Å². The van der Waals surface area contributed by atoms with E-state index >= 15 is 0 Å². The standard InChI is InChI=1S/C11H17NOS/c1-8-11(13-2)14-10(12-8)9-6-4-3-5-7-9/h9H,3-7H2,1-2H3. The molecule has 1 aliphatic carbocycles.